The summed E-state index contributed by atoms with van der Waals surface area (Å²) in [6.07, 6.45) is 1.46. The van der Waals surface area contributed by atoms with E-state index in [1.807, 2.05) is 20.9 Å². The van der Waals surface area contributed by atoms with Gasteiger partial charge in [-0.2, -0.15) is 10.2 Å². The molecule has 1 amide bonds. The molecule has 1 saturated heterocycles. The lowest BCUT2D eigenvalue weighted by Crippen LogP contribution is -2.42. The lowest BCUT2D eigenvalue weighted by atomic mass is 10.2. The number of carbonyl (C=O) groups is 1. The van der Waals surface area contributed by atoms with E-state index in [-0.39, 0.29) is 12.0 Å². The molecule has 0 spiro atoms. The molecule has 112 valence electrons. The maximum Gasteiger partial charge on any atom is 0.257 e. The standard InChI is InChI=1S/C13H18N6O2/c1-8-10(6-18(3)17-8)13(20)19-4-5-21-11(7-19)12-14-9(2)15-16-12/h6,11H,4-5,7H2,1-3H3,(H,14,15,16). The van der Waals surface area contributed by atoms with Gasteiger partial charge < -0.3 is 9.64 Å². The van der Waals surface area contributed by atoms with Crippen molar-refractivity contribution in [3.63, 3.8) is 0 Å². The number of H-pyrrole nitrogens is 1. The number of aryl methyl sites for hydroxylation is 3. The highest BCUT2D eigenvalue weighted by atomic mass is 16.5. The van der Waals surface area contributed by atoms with Crippen LogP contribution in [0.3, 0.4) is 0 Å². The third kappa shape index (κ3) is 2.66. The van der Waals surface area contributed by atoms with E-state index in [4.69, 9.17) is 4.74 Å². The molecule has 8 nitrogen and oxygen atoms in total. The number of nitrogens with one attached hydrogen (secondary N) is 1. The Hall–Kier alpha value is -2.22. The van der Waals surface area contributed by atoms with Crippen molar-refractivity contribution in [2.45, 2.75) is 20.0 Å². The van der Waals surface area contributed by atoms with Crippen molar-refractivity contribution in [2.75, 3.05) is 19.7 Å². The fraction of sp³-hybridized carbons (Fsp3) is 0.538. The normalized spacial score (nSPS) is 19.0. The van der Waals surface area contributed by atoms with Crippen molar-refractivity contribution in [1.82, 2.24) is 29.9 Å². The van der Waals surface area contributed by atoms with Crippen LogP contribution < -0.4 is 0 Å². The van der Waals surface area contributed by atoms with Gasteiger partial charge in [0.25, 0.3) is 5.91 Å². The van der Waals surface area contributed by atoms with Crippen LogP contribution in [0.2, 0.25) is 0 Å². The van der Waals surface area contributed by atoms with Crippen molar-refractivity contribution >= 4 is 5.91 Å². The summed E-state index contributed by atoms with van der Waals surface area (Å²) >= 11 is 0. The number of amides is 1. The third-order valence-electron chi connectivity index (χ3n) is 3.50. The van der Waals surface area contributed by atoms with Crippen molar-refractivity contribution in [2.24, 2.45) is 7.05 Å². The zero-order valence-electron chi connectivity index (χ0n) is 12.3. The van der Waals surface area contributed by atoms with Gasteiger partial charge in [-0.05, 0) is 13.8 Å². The SMILES string of the molecule is Cc1nc(C2CN(C(=O)c3cn(C)nc3C)CCO2)n[nH]1. The van der Waals surface area contributed by atoms with Gasteiger partial charge in [0.2, 0.25) is 0 Å². The molecule has 1 aliphatic heterocycles. The second-order valence-corrected chi connectivity index (χ2v) is 5.19. The molecule has 3 rings (SSSR count). The Morgan fingerprint density at radius 1 is 1.48 bits per heavy atom. The summed E-state index contributed by atoms with van der Waals surface area (Å²) in [7, 11) is 1.81. The maximum absolute atomic E-state index is 12.6. The van der Waals surface area contributed by atoms with E-state index in [2.05, 4.69) is 20.3 Å². The second kappa shape index (κ2) is 5.28. The first-order chi connectivity index (χ1) is 10.0. The Balaban J connectivity index is 1.77. The van der Waals surface area contributed by atoms with Crippen molar-refractivity contribution in [3.05, 3.63) is 29.1 Å². The topological polar surface area (TPSA) is 88.9 Å². The molecular formula is C13H18N6O2. The van der Waals surface area contributed by atoms with Gasteiger partial charge in [0, 0.05) is 19.8 Å². The molecule has 0 bridgehead atoms. The summed E-state index contributed by atoms with van der Waals surface area (Å²) in [6.45, 7) is 5.16. The first-order valence-electron chi connectivity index (χ1n) is 6.84. The number of carbonyl (C=O) groups excluding carboxylic acids is 1. The van der Waals surface area contributed by atoms with Crippen molar-refractivity contribution in [1.29, 1.82) is 0 Å². The van der Waals surface area contributed by atoms with E-state index in [0.717, 1.165) is 11.5 Å². The Bertz CT molecular complexity index is 661. The molecular weight excluding hydrogens is 272 g/mol. The Morgan fingerprint density at radius 3 is 2.90 bits per heavy atom. The molecule has 2 aromatic heterocycles. The minimum Gasteiger partial charge on any atom is -0.366 e. The van der Waals surface area contributed by atoms with Gasteiger partial charge in [0.15, 0.2) is 5.82 Å². The number of aromatic amines is 1. The second-order valence-electron chi connectivity index (χ2n) is 5.19. The average Bonchev–Trinajstić information content (AvgIpc) is 3.04. The van der Waals surface area contributed by atoms with Crippen LogP contribution in [0.15, 0.2) is 6.20 Å². The first-order valence-corrected chi connectivity index (χ1v) is 6.84. The van der Waals surface area contributed by atoms with Gasteiger partial charge in [0.1, 0.15) is 11.9 Å². The van der Waals surface area contributed by atoms with E-state index in [1.54, 1.807) is 15.8 Å². The van der Waals surface area contributed by atoms with Crippen LogP contribution in [0.1, 0.15) is 33.8 Å². The molecule has 0 radical (unpaired) electrons. The smallest absolute Gasteiger partial charge is 0.257 e. The molecule has 3 heterocycles. The minimum absolute atomic E-state index is 0.0267. The molecule has 1 unspecified atom stereocenters. The van der Waals surface area contributed by atoms with Crippen LogP contribution in [0.25, 0.3) is 0 Å². The lowest BCUT2D eigenvalue weighted by molar-refractivity contribution is -0.0267. The number of hydrogen-bond donors (Lipinski definition) is 1. The fourth-order valence-corrected chi connectivity index (χ4v) is 2.47. The molecule has 1 aliphatic rings. The van der Waals surface area contributed by atoms with Crippen LogP contribution in [0.4, 0.5) is 0 Å². The van der Waals surface area contributed by atoms with Crippen molar-refractivity contribution in [3.8, 4) is 0 Å². The molecule has 2 aromatic rings. The van der Waals surface area contributed by atoms with E-state index in [9.17, 15) is 4.79 Å². The predicted molar refractivity (Wildman–Crippen MR) is 73.7 cm³/mol. The van der Waals surface area contributed by atoms with E-state index in [1.165, 1.54) is 0 Å². The van der Waals surface area contributed by atoms with Gasteiger partial charge in [-0.15, -0.1) is 0 Å². The summed E-state index contributed by atoms with van der Waals surface area (Å²) in [5, 5.41) is 11.1. The quantitative estimate of drug-likeness (QED) is 0.863. The zero-order valence-corrected chi connectivity index (χ0v) is 12.3. The minimum atomic E-state index is -0.287. The van der Waals surface area contributed by atoms with Crippen LogP contribution >= 0.6 is 0 Å². The Kier molecular flexibility index (Phi) is 3.46. The summed E-state index contributed by atoms with van der Waals surface area (Å²) in [5.41, 5.74) is 1.36. The van der Waals surface area contributed by atoms with Gasteiger partial charge in [-0.25, -0.2) is 4.98 Å². The summed E-state index contributed by atoms with van der Waals surface area (Å²) in [5.74, 6) is 1.30. The molecule has 0 aromatic carbocycles. The molecule has 0 saturated carbocycles. The predicted octanol–water partition coefficient (Wildman–Crippen LogP) is 0.369. The molecule has 1 N–H and O–H groups in total. The van der Waals surface area contributed by atoms with E-state index in [0.29, 0.717) is 31.1 Å². The molecule has 0 aliphatic carbocycles. The summed E-state index contributed by atoms with van der Waals surface area (Å²) in [4.78, 5) is 18.6. The number of hydrogen-bond acceptors (Lipinski definition) is 5. The number of ether oxygens (including phenoxy) is 1. The number of aromatic nitrogens is 5. The van der Waals surface area contributed by atoms with Crippen LogP contribution in [-0.2, 0) is 11.8 Å². The molecule has 1 atom stereocenters. The maximum atomic E-state index is 12.6. The highest BCUT2D eigenvalue weighted by molar-refractivity contribution is 5.95. The highest BCUT2D eigenvalue weighted by Crippen LogP contribution is 2.21. The molecule has 1 fully saturated rings. The number of rotatable bonds is 2. The summed E-state index contributed by atoms with van der Waals surface area (Å²) < 4.78 is 7.32. The first kappa shape index (κ1) is 13.7. The fourth-order valence-electron chi connectivity index (χ4n) is 2.47. The molecule has 8 heteroatoms. The van der Waals surface area contributed by atoms with E-state index >= 15 is 0 Å². The molecule has 21 heavy (non-hydrogen) atoms. The number of nitrogens with zero attached hydrogens (tertiary/aromatic N) is 5. The van der Waals surface area contributed by atoms with Gasteiger partial charge in [-0.3, -0.25) is 14.6 Å². The van der Waals surface area contributed by atoms with Crippen LogP contribution in [-0.4, -0.2) is 55.5 Å². The van der Waals surface area contributed by atoms with Gasteiger partial charge in [0.05, 0.1) is 24.4 Å². The monoisotopic (exact) mass is 290 g/mol. The van der Waals surface area contributed by atoms with Gasteiger partial charge >= 0.3 is 0 Å². The van der Waals surface area contributed by atoms with Crippen molar-refractivity contribution < 1.29 is 9.53 Å². The highest BCUT2D eigenvalue weighted by Gasteiger charge is 2.29. The van der Waals surface area contributed by atoms with Crippen LogP contribution in [0.5, 0.6) is 0 Å². The number of morpholine rings is 1. The third-order valence-corrected chi connectivity index (χ3v) is 3.50. The zero-order chi connectivity index (χ0) is 15.0. The van der Waals surface area contributed by atoms with Gasteiger partial charge in [-0.1, -0.05) is 0 Å². The average molecular weight is 290 g/mol. The lowest BCUT2D eigenvalue weighted by Gasteiger charge is -2.31. The van der Waals surface area contributed by atoms with E-state index < -0.39 is 0 Å². The Labute approximate surface area is 122 Å². The Morgan fingerprint density at radius 2 is 2.29 bits per heavy atom. The van der Waals surface area contributed by atoms with Crippen LogP contribution in [0, 0.1) is 13.8 Å². The largest absolute Gasteiger partial charge is 0.366 e. The summed E-state index contributed by atoms with van der Waals surface area (Å²) in [6, 6.07) is 0.